The van der Waals surface area contributed by atoms with Gasteiger partial charge in [0, 0.05) is 12.1 Å². The minimum atomic E-state index is -5.03. The molecule has 0 saturated carbocycles. The lowest BCUT2D eigenvalue weighted by atomic mass is 9.98. The van der Waals surface area contributed by atoms with E-state index in [1.54, 1.807) is 0 Å². The van der Waals surface area contributed by atoms with Crippen LogP contribution in [0, 0.1) is 18.3 Å². The predicted octanol–water partition coefficient (Wildman–Crippen LogP) is 3.30. The van der Waals surface area contributed by atoms with E-state index in [2.05, 4.69) is 0 Å². The highest BCUT2D eigenvalue weighted by molar-refractivity contribution is 5.97. The van der Waals surface area contributed by atoms with Crippen molar-refractivity contribution in [2.75, 3.05) is 4.90 Å². The van der Waals surface area contributed by atoms with Gasteiger partial charge in [0.15, 0.2) is 6.10 Å². The number of hydrogen-bond acceptors (Lipinski definition) is 3. The van der Waals surface area contributed by atoms with Gasteiger partial charge in [-0.05, 0) is 31.0 Å². The molecule has 0 spiro atoms. The van der Waals surface area contributed by atoms with Crippen LogP contribution in [0.4, 0.5) is 32.0 Å². The number of alkyl halides is 6. The van der Waals surface area contributed by atoms with Gasteiger partial charge in [0.1, 0.15) is 0 Å². The van der Waals surface area contributed by atoms with Crippen molar-refractivity contribution in [2.45, 2.75) is 44.3 Å². The molecule has 0 aliphatic carbocycles. The Morgan fingerprint density at radius 1 is 1.28 bits per heavy atom. The Morgan fingerprint density at radius 2 is 1.88 bits per heavy atom. The molecule has 1 heterocycles. The van der Waals surface area contributed by atoms with Crippen molar-refractivity contribution in [3.8, 4) is 6.07 Å². The third kappa shape index (κ3) is 3.42. The van der Waals surface area contributed by atoms with E-state index in [0.717, 1.165) is 19.1 Å². The van der Waals surface area contributed by atoms with Crippen LogP contribution in [-0.2, 0) is 11.0 Å². The van der Waals surface area contributed by atoms with Crippen molar-refractivity contribution in [1.82, 2.24) is 0 Å². The molecule has 136 valence electrons. The Balaban J connectivity index is 2.60. The summed E-state index contributed by atoms with van der Waals surface area (Å²) in [5.74, 6) is -0.825. The van der Waals surface area contributed by atoms with Crippen LogP contribution in [-0.4, -0.2) is 29.3 Å². The van der Waals surface area contributed by atoms with Crippen molar-refractivity contribution in [3.63, 3.8) is 0 Å². The first-order valence-corrected chi connectivity index (χ1v) is 7.07. The molecule has 0 bridgehead atoms. The van der Waals surface area contributed by atoms with Crippen LogP contribution in [0.5, 0.6) is 0 Å². The van der Waals surface area contributed by atoms with Crippen LogP contribution in [0.15, 0.2) is 12.1 Å². The van der Waals surface area contributed by atoms with Crippen LogP contribution in [0.1, 0.15) is 29.5 Å². The fourth-order valence-corrected chi connectivity index (χ4v) is 2.96. The predicted molar refractivity (Wildman–Crippen MR) is 73.5 cm³/mol. The SMILES string of the molecule is Cc1c(N2C(=O)CCC2[C@@H](O)C(F)(F)F)ccc(C#N)c1C(F)(F)F. The first-order chi connectivity index (χ1) is 11.4. The number of aliphatic hydroxyl groups excluding tert-OH is 1. The minimum absolute atomic E-state index is 0.335. The number of carbonyl (C=O) groups is 1. The molecule has 2 atom stereocenters. The van der Waals surface area contributed by atoms with Crippen molar-refractivity contribution in [2.24, 2.45) is 0 Å². The number of carbonyl (C=O) groups excluding carboxylic acids is 1. The van der Waals surface area contributed by atoms with Crippen molar-refractivity contribution in [1.29, 1.82) is 5.26 Å². The molecule has 0 aromatic heterocycles. The van der Waals surface area contributed by atoms with Crippen molar-refractivity contribution < 1.29 is 36.2 Å². The second-order valence-corrected chi connectivity index (χ2v) is 5.60. The topological polar surface area (TPSA) is 64.3 Å². The molecule has 4 nitrogen and oxygen atoms in total. The molecule has 1 unspecified atom stereocenters. The van der Waals surface area contributed by atoms with Crippen LogP contribution in [0.25, 0.3) is 0 Å². The summed E-state index contributed by atoms with van der Waals surface area (Å²) in [4.78, 5) is 12.5. The summed E-state index contributed by atoms with van der Waals surface area (Å²) in [7, 11) is 0. The number of benzene rings is 1. The van der Waals surface area contributed by atoms with Crippen molar-refractivity contribution >= 4 is 11.6 Å². The summed E-state index contributed by atoms with van der Waals surface area (Å²) in [6.07, 6.45) is -13.5. The van der Waals surface area contributed by atoms with Gasteiger partial charge in [-0.25, -0.2) is 0 Å². The molecule has 1 aromatic rings. The highest BCUT2D eigenvalue weighted by Gasteiger charge is 2.50. The Labute approximate surface area is 138 Å². The van der Waals surface area contributed by atoms with Gasteiger partial charge in [0.05, 0.1) is 23.2 Å². The highest BCUT2D eigenvalue weighted by Crippen LogP contribution is 2.41. The van der Waals surface area contributed by atoms with E-state index in [-0.39, 0.29) is 12.8 Å². The molecule has 0 radical (unpaired) electrons. The maximum atomic E-state index is 13.2. The van der Waals surface area contributed by atoms with Gasteiger partial charge in [-0.2, -0.15) is 31.6 Å². The summed E-state index contributed by atoms with van der Waals surface area (Å²) in [6, 6.07) is 1.44. The molecule has 1 amide bonds. The molecule has 1 aromatic carbocycles. The van der Waals surface area contributed by atoms with E-state index in [1.807, 2.05) is 0 Å². The van der Waals surface area contributed by atoms with E-state index < -0.39 is 52.8 Å². The van der Waals surface area contributed by atoms with Gasteiger partial charge < -0.3 is 10.0 Å². The lowest BCUT2D eigenvalue weighted by Crippen LogP contribution is -2.48. The Morgan fingerprint density at radius 3 is 2.36 bits per heavy atom. The fourth-order valence-electron chi connectivity index (χ4n) is 2.96. The molecule has 1 aliphatic heterocycles. The maximum absolute atomic E-state index is 13.2. The normalized spacial score (nSPS) is 19.9. The van der Waals surface area contributed by atoms with E-state index in [0.29, 0.717) is 4.90 Å². The Kier molecular flexibility index (Phi) is 4.74. The first kappa shape index (κ1) is 19.1. The molecule has 2 rings (SSSR count). The molecule has 10 heteroatoms. The van der Waals surface area contributed by atoms with Crippen LogP contribution in [0.3, 0.4) is 0 Å². The number of halogens is 6. The number of aliphatic hydroxyl groups is 1. The monoisotopic (exact) mass is 366 g/mol. The van der Waals surface area contributed by atoms with Gasteiger partial charge >= 0.3 is 12.4 Å². The smallest absolute Gasteiger partial charge is 0.382 e. The molecule has 1 fully saturated rings. The van der Waals surface area contributed by atoms with E-state index >= 15 is 0 Å². The Bertz CT molecular complexity index is 735. The number of nitriles is 1. The van der Waals surface area contributed by atoms with Crippen LogP contribution >= 0.6 is 0 Å². The zero-order chi connectivity index (χ0) is 19.2. The first-order valence-electron chi connectivity index (χ1n) is 7.07. The second kappa shape index (κ2) is 6.22. The zero-order valence-electron chi connectivity index (χ0n) is 12.7. The van der Waals surface area contributed by atoms with Gasteiger partial charge in [0.25, 0.3) is 0 Å². The van der Waals surface area contributed by atoms with Crippen molar-refractivity contribution in [3.05, 3.63) is 28.8 Å². The number of rotatable bonds is 2. The summed E-state index contributed by atoms with van der Waals surface area (Å²) in [5.41, 5.74) is -2.95. The molecular formula is C15H12F6N2O2. The second-order valence-electron chi connectivity index (χ2n) is 5.60. The van der Waals surface area contributed by atoms with E-state index in [4.69, 9.17) is 5.26 Å². The lowest BCUT2D eigenvalue weighted by Gasteiger charge is -2.31. The number of hydrogen-bond donors (Lipinski definition) is 1. The lowest BCUT2D eigenvalue weighted by molar-refractivity contribution is -0.209. The molecule has 1 saturated heterocycles. The third-order valence-electron chi connectivity index (χ3n) is 4.05. The molecule has 25 heavy (non-hydrogen) atoms. The summed E-state index contributed by atoms with van der Waals surface area (Å²) >= 11 is 0. The summed E-state index contributed by atoms with van der Waals surface area (Å²) in [5, 5.41) is 18.3. The summed E-state index contributed by atoms with van der Waals surface area (Å²) < 4.78 is 78.0. The Hall–Kier alpha value is -2.28. The fraction of sp³-hybridized carbons (Fsp3) is 0.467. The molecule has 1 aliphatic rings. The molecule has 1 N–H and O–H groups in total. The maximum Gasteiger partial charge on any atom is 0.418 e. The average Bonchev–Trinajstić information content (AvgIpc) is 2.85. The molecular weight excluding hydrogens is 354 g/mol. The van der Waals surface area contributed by atoms with Gasteiger partial charge in [-0.3, -0.25) is 4.79 Å². The van der Waals surface area contributed by atoms with Gasteiger partial charge in [-0.15, -0.1) is 0 Å². The minimum Gasteiger partial charge on any atom is -0.382 e. The average molecular weight is 366 g/mol. The quantitative estimate of drug-likeness (QED) is 0.817. The van der Waals surface area contributed by atoms with Gasteiger partial charge in [0.2, 0.25) is 5.91 Å². The number of anilines is 1. The number of nitrogens with zero attached hydrogens (tertiary/aromatic N) is 2. The largest absolute Gasteiger partial charge is 0.418 e. The van der Waals surface area contributed by atoms with E-state index in [1.165, 1.54) is 6.07 Å². The van der Waals surface area contributed by atoms with Crippen LogP contribution in [0.2, 0.25) is 0 Å². The van der Waals surface area contributed by atoms with E-state index in [9.17, 15) is 36.2 Å². The highest BCUT2D eigenvalue weighted by atomic mass is 19.4. The standard InChI is InChI=1S/C15H12F6N2O2/c1-7-9(3-2-8(6-22)12(7)14(16,17)18)23-10(4-5-11(23)24)13(25)15(19,20)21/h2-3,10,13,25H,4-5H2,1H3/t10?,13-/m1/s1. The summed E-state index contributed by atoms with van der Waals surface area (Å²) in [6.45, 7) is 0.974. The number of amides is 1. The third-order valence-corrected chi connectivity index (χ3v) is 4.05. The zero-order valence-corrected chi connectivity index (χ0v) is 12.7. The van der Waals surface area contributed by atoms with Gasteiger partial charge in [-0.1, -0.05) is 0 Å². The van der Waals surface area contributed by atoms with Crippen LogP contribution < -0.4 is 4.90 Å².